The molecule has 0 aromatic heterocycles. The molecule has 2 aromatic rings. The SMILES string of the molecule is COc1ccc(S(=O)(=O)NCC2COc3ccccc3O2)cc1C(=O)N1CCC(C)CC1. The van der Waals surface area contributed by atoms with Crippen molar-refractivity contribution in [3.8, 4) is 17.2 Å². The van der Waals surface area contributed by atoms with Crippen LogP contribution in [-0.2, 0) is 10.0 Å². The number of fused-ring (bicyclic) bond motifs is 1. The van der Waals surface area contributed by atoms with Crippen LogP contribution < -0.4 is 18.9 Å². The zero-order valence-electron chi connectivity index (χ0n) is 18.2. The Kier molecular flexibility index (Phi) is 6.57. The Morgan fingerprint density at radius 1 is 1.16 bits per heavy atom. The Bertz CT molecular complexity index is 1080. The first-order chi connectivity index (χ1) is 15.4. The van der Waals surface area contributed by atoms with Gasteiger partial charge in [-0.05, 0) is 49.1 Å². The third-order valence-electron chi connectivity index (χ3n) is 5.85. The monoisotopic (exact) mass is 460 g/mol. The molecule has 32 heavy (non-hydrogen) atoms. The number of rotatable bonds is 6. The number of amides is 1. The minimum atomic E-state index is -3.87. The number of sulfonamides is 1. The zero-order chi connectivity index (χ0) is 22.7. The van der Waals surface area contributed by atoms with Gasteiger partial charge in [-0.2, -0.15) is 0 Å². The van der Waals surface area contributed by atoms with Gasteiger partial charge in [-0.25, -0.2) is 13.1 Å². The summed E-state index contributed by atoms with van der Waals surface area (Å²) in [5.74, 6) is 1.93. The van der Waals surface area contributed by atoms with Crippen LogP contribution in [0.5, 0.6) is 17.2 Å². The van der Waals surface area contributed by atoms with Crippen molar-refractivity contribution in [2.45, 2.75) is 30.8 Å². The van der Waals surface area contributed by atoms with Crippen LogP contribution in [0, 0.1) is 5.92 Å². The normalized spacial score (nSPS) is 18.9. The van der Waals surface area contributed by atoms with Crippen LogP contribution in [0.2, 0.25) is 0 Å². The molecule has 1 N–H and O–H groups in total. The molecular weight excluding hydrogens is 432 g/mol. The first kappa shape index (κ1) is 22.4. The van der Waals surface area contributed by atoms with Crippen LogP contribution in [0.3, 0.4) is 0 Å². The summed E-state index contributed by atoms with van der Waals surface area (Å²) in [6.07, 6.45) is 1.40. The van der Waals surface area contributed by atoms with Crippen molar-refractivity contribution in [1.29, 1.82) is 0 Å². The summed E-state index contributed by atoms with van der Waals surface area (Å²) < 4.78 is 45.2. The summed E-state index contributed by atoms with van der Waals surface area (Å²) in [5.41, 5.74) is 0.246. The molecule has 0 radical (unpaired) electrons. The van der Waals surface area contributed by atoms with E-state index in [0.717, 1.165) is 12.8 Å². The standard InChI is InChI=1S/C23H28N2O6S/c1-16-9-11-25(12-10-16)23(26)19-13-18(7-8-20(19)29-2)32(27,28)24-14-17-15-30-21-5-3-4-6-22(21)31-17/h3-8,13,16-17,24H,9-12,14-15H2,1-2H3. The highest BCUT2D eigenvalue weighted by Crippen LogP contribution is 2.31. The average molecular weight is 461 g/mol. The van der Waals surface area contributed by atoms with E-state index >= 15 is 0 Å². The molecule has 0 bridgehead atoms. The van der Waals surface area contributed by atoms with Gasteiger partial charge in [0, 0.05) is 13.1 Å². The fourth-order valence-corrected chi connectivity index (χ4v) is 4.95. The first-order valence-electron chi connectivity index (χ1n) is 10.7. The predicted molar refractivity (Wildman–Crippen MR) is 119 cm³/mol. The molecule has 2 aromatic carbocycles. The van der Waals surface area contributed by atoms with E-state index < -0.39 is 16.1 Å². The number of carbonyl (C=O) groups excluding carboxylic acids is 1. The molecule has 9 heteroatoms. The second-order valence-electron chi connectivity index (χ2n) is 8.19. The number of carbonyl (C=O) groups is 1. The second-order valence-corrected chi connectivity index (χ2v) is 9.95. The molecule has 2 aliphatic rings. The summed E-state index contributed by atoms with van der Waals surface area (Å²) in [4.78, 5) is 14.8. The Labute approximate surface area is 188 Å². The Morgan fingerprint density at radius 3 is 2.59 bits per heavy atom. The Hall–Kier alpha value is -2.78. The molecule has 0 saturated carbocycles. The molecule has 0 aliphatic carbocycles. The van der Waals surface area contributed by atoms with Crippen LogP contribution in [-0.4, -0.2) is 58.7 Å². The van der Waals surface area contributed by atoms with Gasteiger partial charge >= 0.3 is 0 Å². The van der Waals surface area contributed by atoms with Gasteiger partial charge in [-0.3, -0.25) is 4.79 Å². The van der Waals surface area contributed by atoms with Gasteiger partial charge < -0.3 is 19.1 Å². The van der Waals surface area contributed by atoms with Crippen LogP contribution in [0.4, 0.5) is 0 Å². The third kappa shape index (κ3) is 4.83. The molecule has 1 unspecified atom stereocenters. The van der Waals surface area contributed by atoms with E-state index in [1.807, 2.05) is 12.1 Å². The first-order valence-corrected chi connectivity index (χ1v) is 12.2. The lowest BCUT2D eigenvalue weighted by atomic mass is 9.98. The van der Waals surface area contributed by atoms with Crippen molar-refractivity contribution in [2.75, 3.05) is 33.4 Å². The second kappa shape index (κ2) is 9.38. The highest BCUT2D eigenvalue weighted by Gasteiger charge is 2.27. The van der Waals surface area contributed by atoms with Gasteiger partial charge in [0.2, 0.25) is 10.0 Å². The summed E-state index contributed by atoms with van der Waals surface area (Å²) in [7, 11) is -2.40. The highest BCUT2D eigenvalue weighted by molar-refractivity contribution is 7.89. The van der Waals surface area contributed by atoms with Crippen molar-refractivity contribution < 1.29 is 27.4 Å². The number of nitrogens with one attached hydrogen (secondary N) is 1. The van der Waals surface area contributed by atoms with Gasteiger partial charge in [0.1, 0.15) is 18.5 Å². The number of ether oxygens (including phenoxy) is 3. The predicted octanol–water partition coefficient (Wildman–Crippen LogP) is 2.69. The lowest BCUT2D eigenvalue weighted by molar-refractivity contribution is 0.0693. The highest BCUT2D eigenvalue weighted by atomic mass is 32.2. The van der Waals surface area contributed by atoms with Crippen LogP contribution in [0.25, 0.3) is 0 Å². The largest absolute Gasteiger partial charge is 0.496 e. The number of para-hydroxylation sites is 2. The molecule has 1 amide bonds. The molecule has 8 nitrogen and oxygen atoms in total. The van der Waals surface area contributed by atoms with Crippen molar-refractivity contribution in [1.82, 2.24) is 9.62 Å². The van der Waals surface area contributed by atoms with Crippen molar-refractivity contribution in [3.05, 3.63) is 48.0 Å². The van der Waals surface area contributed by atoms with Gasteiger partial charge in [0.15, 0.2) is 11.5 Å². The van der Waals surface area contributed by atoms with E-state index in [1.54, 1.807) is 17.0 Å². The molecule has 2 aliphatic heterocycles. The number of benzene rings is 2. The summed E-state index contributed by atoms with van der Waals surface area (Å²) >= 11 is 0. The van der Waals surface area contributed by atoms with Crippen LogP contribution >= 0.6 is 0 Å². The van der Waals surface area contributed by atoms with Gasteiger partial charge in [0.05, 0.1) is 24.1 Å². The Morgan fingerprint density at radius 2 is 1.88 bits per heavy atom. The maximum atomic E-state index is 13.1. The fourth-order valence-electron chi connectivity index (χ4n) is 3.85. The number of methoxy groups -OCH3 is 1. The molecule has 1 saturated heterocycles. The summed E-state index contributed by atoms with van der Waals surface area (Å²) in [5, 5.41) is 0. The lowest BCUT2D eigenvalue weighted by Gasteiger charge is -2.30. The number of nitrogens with zero attached hydrogens (tertiary/aromatic N) is 1. The third-order valence-corrected chi connectivity index (χ3v) is 7.27. The molecule has 0 spiro atoms. The maximum Gasteiger partial charge on any atom is 0.257 e. The summed E-state index contributed by atoms with van der Waals surface area (Å²) in [6, 6.07) is 11.6. The van der Waals surface area contributed by atoms with Crippen molar-refractivity contribution >= 4 is 15.9 Å². The zero-order valence-corrected chi connectivity index (χ0v) is 19.1. The maximum absolute atomic E-state index is 13.1. The van der Waals surface area contributed by atoms with Crippen LogP contribution in [0.1, 0.15) is 30.1 Å². The van der Waals surface area contributed by atoms with Gasteiger partial charge in [-0.15, -0.1) is 0 Å². The Balaban J connectivity index is 1.47. The molecule has 1 fully saturated rings. The summed E-state index contributed by atoms with van der Waals surface area (Å²) in [6.45, 7) is 3.74. The van der Waals surface area contributed by atoms with Crippen LogP contribution in [0.15, 0.2) is 47.4 Å². The van der Waals surface area contributed by atoms with Gasteiger partial charge in [-0.1, -0.05) is 19.1 Å². The minimum absolute atomic E-state index is 0.00385. The molecular formula is C23H28N2O6S. The quantitative estimate of drug-likeness (QED) is 0.712. The minimum Gasteiger partial charge on any atom is -0.496 e. The molecule has 1 atom stereocenters. The number of piperidine rings is 1. The van der Waals surface area contributed by atoms with Crippen molar-refractivity contribution in [3.63, 3.8) is 0 Å². The van der Waals surface area contributed by atoms with E-state index in [-0.39, 0.29) is 29.5 Å². The van der Waals surface area contributed by atoms with E-state index in [4.69, 9.17) is 14.2 Å². The smallest absolute Gasteiger partial charge is 0.257 e. The van der Waals surface area contributed by atoms with Crippen molar-refractivity contribution in [2.24, 2.45) is 5.92 Å². The van der Waals surface area contributed by atoms with E-state index in [0.29, 0.717) is 36.3 Å². The lowest BCUT2D eigenvalue weighted by Crippen LogP contribution is -2.41. The van der Waals surface area contributed by atoms with Gasteiger partial charge in [0.25, 0.3) is 5.91 Å². The molecule has 2 heterocycles. The number of likely N-dealkylation sites (tertiary alicyclic amines) is 1. The van der Waals surface area contributed by atoms with E-state index in [2.05, 4.69) is 11.6 Å². The molecule has 4 rings (SSSR count). The fraction of sp³-hybridized carbons (Fsp3) is 0.435. The average Bonchev–Trinajstić information content (AvgIpc) is 2.82. The number of hydrogen-bond acceptors (Lipinski definition) is 6. The number of hydrogen-bond donors (Lipinski definition) is 1. The topological polar surface area (TPSA) is 94.2 Å². The molecule has 172 valence electrons. The van der Waals surface area contributed by atoms with E-state index in [9.17, 15) is 13.2 Å². The van der Waals surface area contributed by atoms with E-state index in [1.165, 1.54) is 25.3 Å².